The van der Waals surface area contributed by atoms with Gasteiger partial charge in [-0.2, -0.15) is 5.26 Å². The summed E-state index contributed by atoms with van der Waals surface area (Å²) in [5.41, 5.74) is 5.26. The number of aromatic nitrogens is 3. The van der Waals surface area contributed by atoms with Crippen molar-refractivity contribution < 1.29 is 9.53 Å². The van der Waals surface area contributed by atoms with Crippen molar-refractivity contribution in [3.05, 3.63) is 66.7 Å². The van der Waals surface area contributed by atoms with Gasteiger partial charge < -0.3 is 9.64 Å². The third kappa shape index (κ3) is 4.61. The molecule has 3 aromatic heterocycles. The van der Waals surface area contributed by atoms with Gasteiger partial charge in [0.2, 0.25) is 5.91 Å². The smallest absolute Gasteiger partial charge is 0.228 e. The average Bonchev–Trinajstić information content (AvgIpc) is 3.61. The van der Waals surface area contributed by atoms with E-state index in [4.69, 9.17) is 4.74 Å². The van der Waals surface area contributed by atoms with Gasteiger partial charge in [-0.1, -0.05) is 12.1 Å². The van der Waals surface area contributed by atoms with Crippen LogP contribution in [-0.4, -0.2) is 58.5 Å². The second-order valence-electron chi connectivity index (χ2n) is 10.2. The van der Waals surface area contributed by atoms with E-state index in [0.717, 1.165) is 59.6 Å². The molecule has 0 spiro atoms. The Morgan fingerprint density at radius 1 is 1.08 bits per heavy atom. The number of anilines is 1. The summed E-state index contributed by atoms with van der Waals surface area (Å²) in [5, 5.41) is 9.31. The topological polar surface area (TPSA) is 86.8 Å². The summed E-state index contributed by atoms with van der Waals surface area (Å²) in [7, 11) is 2.16. The number of piperidine rings is 1. The fourth-order valence-corrected chi connectivity index (χ4v) is 5.61. The molecule has 192 valence electrons. The Bertz CT molecular complexity index is 1500. The summed E-state index contributed by atoms with van der Waals surface area (Å²) < 4.78 is 8.51. The van der Waals surface area contributed by atoms with Crippen LogP contribution in [0.4, 0.5) is 5.82 Å². The normalized spacial score (nSPS) is 18.2. The predicted octanol–water partition coefficient (Wildman–Crippen LogP) is 4.78. The Labute approximate surface area is 222 Å². The molecular formula is C30H30N6O2. The van der Waals surface area contributed by atoms with Crippen molar-refractivity contribution in [3.8, 4) is 34.2 Å². The van der Waals surface area contributed by atoms with E-state index in [1.807, 2.05) is 53.2 Å². The molecule has 1 amide bonds. The predicted molar refractivity (Wildman–Crippen MR) is 146 cm³/mol. The maximum Gasteiger partial charge on any atom is 0.228 e. The molecule has 0 N–H and O–H groups in total. The van der Waals surface area contributed by atoms with E-state index in [2.05, 4.69) is 34.1 Å². The molecule has 8 nitrogen and oxygen atoms in total. The van der Waals surface area contributed by atoms with Crippen LogP contribution < -0.4 is 9.64 Å². The monoisotopic (exact) mass is 506 g/mol. The van der Waals surface area contributed by atoms with Gasteiger partial charge in [0.05, 0.1) is 36.5 Å². The molecule has 1 atom stereocenters. The zero-order chi connectivity index (χ0) is 26.1. The van der Waals surface area contributed by atoms with Gasteiger partial charge in [-0.3, -0.25) is 14.1 Å². The number of hydrogen-bond acceptors (Lipinski definition) is 6. The van der Waals surface area contributed by atoms with Crippen LogP contribution >= 0.6 is 0 Å². The Hall–Kier alpha value is -4.22. The number of imidazole rings is 1. The van der Waals surface area contributed by atoms with Crippen molar-refractivity contribution in [2.24, 2.45) is 5.92 Å². The van der Waals surface area contributed by atoms with Crippen molar-refractivity contribution in [2.75, 3.05) is 38.2 Å². The Kier molecular flexibility index (Phi) is 6.52. The number of carbonyl (C=O) groups excluding carboxylic acids is 1. The minimum Gasteiger partial charge on any atom is -0.491 e. The van der Waals surface area contributed by atoms with E-state index in [9.17, 15) is 10.1 Å². The zero-order valence-electron chi connectivity index (χ0n) is 21.5. The molecule has 1 unspecified atom stereocenters. The van der Waals surface area contributed by atoms with Crippen LogP contribution in [0.1, 0.15) is 31.2 Å². The summed E-state index contributed by atoms with van der Waals surface area (Å²) in [4.78, 5) is 25.5. The molecular weight excluding hydrogens is 476 g/mol. The van der Waals surface area contributed by atoms with Gasteiger partial charge >= 0.3 is 0 Å². The maximum absolute atomic E-state index is 12.2. The molecule has 5 heterocycles. The van der Waals surface area contributed by atoms with Gasteiger partial charge in [0.15, 0.2) is 0 Å². The molecule has 2 aliphatic rings. The number of benzene rings is 1. The SMILES string of the molecule is CN1CCCC(COc2cc(-c3ccc(C#N)cc3)c(-c3ccc(N4CCCC4=O)nc3)n3cncc23)C1. The van der Waals surface area contributed by atoms with Gasteiger partial charge in [0, 0.05) is 42.8 Å². The minimum atomic E-state index is 0.117. The second-order valence-corrected chi connectivity index (χ2v) is 10.2. The Morgan fingerprint density at radius 2 is 1.92 bits per heavy atom. The molecule has 1 aromatic carbocycles. The highest BCUT2D eigenvalue weighted by Gasteiger charge is 2.24. The average molecular weight is 507 g/mol. The molecule has 0 aliphatic carbocycles. The number of amides is 1. The molecule has 0 radical (unpaired) electrons. The molecule has 0 saturated carbocycles. The first-order valence-electron chi connectivity index (χ1n) is 13.2. The highest BCUT2D eigenvalue weighted by atomic mass is 16.5. The van der Waals surface area contributed by atoms with Gasteiger partial charge in [-0.25, -0.2) is 9.97 Å². The largest absolute Gasteiger partial charge is 0.491 e. The van der Waals surface area contributed by atoms with Crippen LogP contribution in [0.3, 0.4) is 0 Å². The minimum absolute atomic E-state index is 0.117. The van der Waals surface area contributed by atoms with Crippen LogP contribution in [0.15, 0.2) is 61.2 Å². The summed E-state index contributed by atoms with van der Waals surface area (Å²) in [6.45, 7) is 3.53. The number of pyridine rings is 2. The summed E-state index contributed by atoms with van der Waals surface area (Å²) >= 11 is 0. The first-order valence-corrected chi connectivity index (χ1v) is 13.2. The van der Waals surface area contributed by atoms with Gasteiger partial charge in [0.25, 0.3) is 0 Å². The van der Waals surface area contributed by atoms with Crippen molar-refractivity contribution in [3.63, 3.8) is 0 Å². The lowest BCUT2D eigenvalue weighted by Gasteiger charge is -2.29. The number of nitrogens with zero attached hydrogens (tertiary/aromatic N) is 6. The van der Waals surface area contributed by atoms with E-state index < -0.39 is 0 Å². The van der Waals surface area contributed by atoms with Crippen molar-refractivity contribution in [1.82, 2.24) is 19.3 Å². The maximum atomic E-state index is 12.2. The number of carbonyl (C=O) groups is 1. The quantitative estimate of drug-likeness (QED) is 0.374. The van der Waals surface area contributed by atoms with Crippen LogP contribution in [0.25, 0.3) is 27.9 Å². The first kappa shape index (κ1) is 24.1. The highest BCUT2D eigenvalue weighted by Crippen LogP contribution is 2.38. The standard InChI is InChI=1S/C30H30N6O2/c1-34-12-2-4-22(18-34)19-38-27-14-25(23-8-6-21(15-31)7-9-23)30(36-20-32-17-26(27)36)24-10-11-28(33-16-24)35-13-3-5-29(35)37/h6-11,14,16-17,20,22H,2-5,12-13,18-19H2,1H3. The molecule has 2 fully saturated rings. The Balaban J connectivity index is 1.42. The molecule has 38 heavy (non-hydrogen) atoms. The third-order valence-electron chi connectivity index (χ3n) is 7.56. The van der Waals surface area contributed by atoms with Crippen molar-refractivity contribution in [1.29, 1.82) is 5.26 Å². The fraction of sp³-hybridized carbons (Fsp3) is 0.333. The first-order chi connectivity index (χ1) is 18.6. The van der Waals surface area contributed by atoms with Crippen LogP contribution in [-0.2, 0) is 4.79 Å². The molecule has 4 aromatic rings. The number of likely N-dealkylation sites (tertiary alicyclic amines) is 1. The number of rotatable bonds is 6. The van der Waals surface area contributed by atoms with E-state index in [0.29, 0.717) is 36.9 Å². The molecule has 0 bridgehead atoms. The molecule has 8 heteroatoms. The van der Waals surface area contributed by atoms with Crippen molar-refractivity contribution >= 4 is 17.2 Å². The van der Waals surface area contributed by atoms with E-state index in [-0.39, 0.29) is 5.91 Å². The molecule has 2 aliphatic heterocycles. The van der Waals surface area contributed by atoms with E-state index in [1.54, 1.807) is 11.2 Å². The third-order valence-corrected chi connectivity index (χ3v) is 7.56. The number of nitriles is 1. The second kappa shape index (κ2) is 10.3. The Morgan fingerprint density at radius 3 is 2.63 bits per heavy atom. The van der Waals surface area contributed by atoms with Crippen LogP contribution in [0.2, 0.25) is 0 Å². The van der Waals surface area contributed by atoms with Crippen LogP contribution in [0.5, 0.6) is 5.75 Å². The lowest BCUT2D eigenvalue weighted by molar-refractivity contribution is -0.117. The van der Waals surface area contributed by atoms with E-state index in [1.165, 1.54) is 6.42 Å². The van der Waals surface area contributed by atoms with Gasteiger partial charge in [0.1, 0.15) is 17.1 Å². The lowest BCUT2D eigenvalue weighted by atomic mass is 9.98. The zero-order valence-corrected chi connectivity index (χ0v) is 21.5. The van der Waals surface area contributed by atoms with Crippen LogP contribution in [0, 0.1) is 17.2 Å². The van der Waals surface area contributed by atoms with E-state index >= 15 is 0 Å². The van der Waals surface area contributed by atoms with Gasteiger partial charge in [-0.05, 0) is 68.8 Å². The highest BCUT2D eigenvalue weighted by molar-refractivity contribution is 5.94. The fourth-order valence-electron chi connectivity index (χ4n) is 5.61. The number of ether oxygens (including phenoxy) is 1. The number of fused-ring (bicyclic) bond motifs is 1. The van der Waals surface area contributed by atoms with Crippen molar-refractivity contribution in [2.45, 2.75) is 25.7 Å². The summed E-state index contributed by atoms with van der Waals surface area (Å²) in [5.74, 6) is 2.06. The molecule has 6 rings (SSSR count). The number of hydrogen-bond donors (Lipinski definition) is 0. The van der Waals surface area contributed by atoms with Gasteiger partial charge in [-0.15, -0.1) is 0 Å². The molecule has 2 saturated heterocycles. The summed E-state index contributed by atoms with van der Waals surface area (Å²) in [6, 6.07) is 15.8. The summed E-state index contributed by atoms with van der Waals surface area (Å²) in [6.07, 6.45) is 9.24. The lowest BCUT2D eigenvalue weighted by Crippen LogP contribution is -2.34.